The molecule has 0 spiro atoms. The van der Waals surface area contributed by atoms with Crippen LogP contribution in [-0.4, -0.2) is 41.3 Å². The molecule has 0 radical (unpaired) electrons. The van der Waals surface area contributed by atoms with E-state index < -0.39 is 0 Å². The van der Waals surface area contributed by atoms with Gasteiger partial charge < -0.3 is 15.5 Å². The molecule has 0 saturated carbocycles. The SMILES string of the molecule is Cc1ccc(Nc2nc(C(=O)N3CCNC(=O)C3)cs2)c(C)c1. The highest BCUT2D eigenvalue weighted by Crippen LogP contribution is 2.24. The molecule has 7 heteroatoms. The lowest BCUT2D eigenvalue weighted by Gasteiger charge is -2.25. The van der Waals surface area contributed by atoms with Crippen LogP contribution < -0.4 is 10.6 Å². The standard InChI is InChI=1S/C16H18N4O2S/c1-10-3-4-12(11(2)7-10)18-16-19-13(9-23-16)15(22)20-6-5-17-14(21)8-20/h3-4,7,9H,5-6,8H2,1-2H3,(H,17,21)(H,18,19). The predicted molar refractivity (Wildman–Crippen MR) is 90.2 cm³/mol. The zero-order valence-electron chi connectivity index (χ0n) is 13.0. The lowest BCUT2D eigenvalue weighted by Crippen LogP contribution is -2.50. The highest BCUT2D eigenvalue weighted by atomic mass is 32.1. The zero-order valence-corrected chi connectivity index (χ0v) is 13.9. The van der Waals surface area contributed by atoms with Crippen molar-refractivity contribution in [1.29, 1.82) is 0 Å². The van der Waals surface area contributed by atoms with Crippen LogP contribution >= 0.6 is 11.3 Å². The van der Waals surface area contributed by atoms with E-state index in [1.54, 1.807) is 5.38 Å². The third-order valence-electron chi connectivity index (χ3n) is 3.67. The van der Waals surface area contributed by atoms with Crippen LogP contribution in [0.4, 0.5) is 10.8 Å². The number of thiazole rings is 1. The van der Waals surface area contributed by atoms with Gasteiger partial charge in [0.05, 0.1) is 6.54 Å². The van der Waals surface area contributed by atoms with E-state index in [0.717, 1.165) is 11.3 Å². The van der Waals surface area contributed by atoms with Gasteiger partial charge in [0.25, 0.3) is 5.91 Å². The van der Waals surface area contributed by atoms with Crippen LogP contribution in [0.5, 0.6) is 0 Å². The summed E-state index contributed by atoms with van der Waals surface area (Å²) in [6, 6.07) is 6.12. The van der Waals surface area contributed by atoms with Crippen LogP contribution in [-0.2, 0) is 4.79 Å². The van der Waals surface area contributed by atoms with Crippen LogP contribution in [0.3, 0.4) is 0 Å². The second kappa shape index (κ2) is 6.37. The molecule has 1 saturated heterocycles. The molecule has 1 aromatic heterocycles. The molecule has 1 fully saturated rings. The average Bonchev–Trinajstić information content (AvgIpc) is 2.98. The first-order valence-corrected chi connectivity index (χ1v) is 8.26. The molecule has 1 aliphatic rings. The predicted octanol–water partition coefficient (Wildman–Crippen LogP) is 2.08. The number of benzene rings is 1. The largest absolute Gasteiger partial charge is 0.353 e. The minimum absolute atomic E-state index is 0.0934. The molecule has 1 aliphatic heterocycles. The van der Waals surface area contributed by atoms with Gasteiger partial charge >= 0.3 is 0 Å². The van der Waals surface area contributed by atoms with Gasteiger partial charge in [-0.25, -0.2) is 4.98 Å². The Morgan fingerprint density at radius 1 is 1.39 bits per heavy atom. The summed E-state index contributed by atoms with van der Waals surface area (Å²) in [5, 5.41) is 8.34. The smallest absolute Gasteiger partial charge is 0.273 e. The number of hydrogen-bond donors (Lipinski definition) is 2. The van der Waals surface area contributed by atoms with Crippen molar-refractivity contribution in [2.75, 3.05) is 25.0 Å². The first-order valence-electron chi connectivity index (χ1n) is 7.39. The quantitative estimate of drug-likeness (QED) is 0.903. The molecule has 0 unspecified atom stereocenters. The summed E-state index contributed by atoms with van der Waals surface area (Å²) < 4.78 is 0. The first kappa shape index (κ1) is 15.5. The maximum Gasteiger partial charge on any atom is 0.273 e. The number of rotatable bonds is 3. The van der Waals surface area contributed by atoms with Gasteiger partial charge in [-0.15, -0.1) is 11.3 Å². The van der Waals surface area contributed by atoms with E-state index in [-0.39, 0.29) is 18.4 Å². The Morgan fingerprint density at radius 3 is 2.96 bits per heavy atom. The third kappa shape index (κ3) is 3.50. The van der Waals surface area contributed by atoms with Crippen molar-refractivity contribution in [3.8, 4) is 0 Å². The Bertz CT molecular complexity index is 756. The third-order valence-corrected chi connectivity index (χ3v) is 4.43. The fourth-order valence-electron chi connectivity index (χ4n) is 2.47. The van der Waals surface area contributed by atoms with Gasteiger partial charge in [0, 0.05) is 24.2 Å². The number of aryl methyl sites for hydroxylation is 2. The summed E-state index contributed by atoms with van der Waals surface area (Å²) in [5.41, 5.74) is 3.67. The van der Waals surface area contributed by atoms with Gasteiger partial charge in [-0.1, -0.05) is 17.7 Å². The van der Waals surface area contributed by atoms with E-state index in [9.17, 15) is 9.59 Å². The Kier molecular flexibility index (Phi) is 4.29. The number of amides is 2. The molecule has 1 aromatic carbocycles. The minimum Gasteiger partial charge on any atom is -0.353 e. The Labute approximate surface area is 138 Å². The molecule has 3 rings (SSSR count). The van der Waals surface area contributed by atoms with E-state index in [2.05, 4.69) is 21.7 Å². The summed E-state index contributed by atoms with van der Waals surface area (Å²) in [6.07, 6.45) is 0. The molecule has 2 heterocycles. The van der Waals surface area contributed by atoms with E-state index in [1.165, 1.54) is 21.8 Å². The van der Waals surface area contributed by atoms with E-state index >= 15 is 0 Å². The Hall–Kier alpha value is -2.41. The second-order valence-corrected chi connectivity index (χ2v) is 6.42. The Balaban J connectivity index is 1.72. The van der Waals surface area contributed by atoms with Crippen molar-refractivity contribution in [2.24, 2.45) is 0 Å². The number of carbonyl (C=O) groups excluding carboxylic acids is 2. The van der Waals surface area contributed by atoms with Crippen molar-refractivity contribution in [1.82, 2.24) is 15.2 Å². The average molecular weight is 330 g/mol. The van der Waals surface area contributed by atoms with E-state index in [1.807, 2.05) is 26.0 Å². The van der Waals surface area contributed by atoms with Gasteiger partial charge in [0.15, 0.2) is 5.13 Å². The molecule has 120 valence electrons. The van der Waals surface area contributed by atoms with Gasteiger partial charge in [0.1, 0.15) is 5.69 Å². The summed E-state index contributed by atoms with van der Waals surface area (Å²) >= 11 is 1.38. The molecule has 2 amide bonds. The summed E-state index contributed by atoms with van der Waals surface area (Å²) in [4.78, 5) is 29.6. The normalized spacial score (nSPS) is 14.5. The van der Waals surface area contributed by atoms with Crippen molar-refractivity contribution in [3.05, 3.63) is 40.4 Å². The highest BCUT2D eigenvalue weighted by molar-refractivity contribution is 7.14. The lowest BCUT2D eigenvalue weighted by molar-refractivity contribution is -0.123. The van der Waals surface area contributed by atoms with E-state index in [0.29, 0.717) is 23.9 Å². The van der Waals surface area contributed by atoms with Gasteiger partial charge in [-0.3, -0.25) is 9.59 Å². The molecule has 2 N–H and O–H groups in total. The van der Waals surface area contributed by atoms with Crippen LogP contribution in [0.1, 0.15) is 21.6 Å². The number of hydrogen-bond acceptors (Lipinski definition) is 5. The molecule has 0 bridgehead atoms. The summed E-state index contributed by atoms with van der Waals surface area (Å²) in [7, 11) is 0. The van der Waals surface area contributed by atoms with Gasteiger partial charge in [0.2, 0.25) is 5.91 Å². The number of anilines is 2. The molecular weight excluding hydrogens is 312 g/mol. The maximum atomic E-state index is 12.4. The monoisotopic (exact) mass is 330 g/mol. The first-order chi connectivity index (χ1) is 11.0. The number of nitrogens with one attached hydrogen (secondary N) is 2. The molecule has 0 atom stereocenters. The van der Waals surface area contributed by atoms with Crippen LogP contribution in [0.25, 0.3) is 0 Å². The summed E-state index contributed by atoms with van der Waals surface area (Å²) in [5.74, 6) is -0.335. The van der Waals surface area contributed by atoms with E-state index in [4.69, 9.17) is 0 Å². The summed E-state index contributed by atoms with van der Waals surface area (Å²) in [6.45, 7) is 5.17. The van der Waals surface area contributed by atoms with Crippen LogP contribution in [0.15, 0.2) is 23.6 Å². The van der Waals surface area contributed by atoms with Gasteiger partial charge in [-0.05, 0) is 25.5 Å². The highest BCUT2D eigenvalue weighted by Gasteiger charge is 2.24. The van der Waals surface area contributed by atoms with Gasteiger partial charge in [-0.2, -0.15) is 0 Å². The van der Waals surface area contributed by atoms with Crippen molar-refractivity contribution >= 4 is 34.0 Å². The number of nitrogens with zero attached hydrogens (tertiary/aromatic N) is 2. The second-order valence-electron chi connectivity index (χ2n) is 5.56. The Morgan fingerprint density at radius 2 is 2.22 bits per heavy atom. The number of carbonyl (C=O) groups is 2. The lowest BCUT2D eigenvalue weighted by atomic mass is 10.1. The fraction of sp³-hybridized carbons (Fsp3) is 0.312. The number of piperazine rings is 1. The topological polar surface area (TPSA) is 74.3 Å². The van der Waals surface area contributed by atoms with Crippen molar-refractivity contribution < 1.29 is 9.59 Å². The maximum absolute atomic E-state index is 12.4. The molecule has 2 aromatic rings. The minimum atomic E-state index is -0.204. The van der Waals surface area contributed by atoms with Crippen LogP contribution in [0.2, 0.25) is 0 Å². The van der Waals surface area contributed by atoms with Crippen molar-refractivity contribution in [2.45, 2.75) is 13.8 Å². The number of aromatic nitrogens is 1. The molecule has 6 nitrogen and oxygen atoms in total. The fourth-order valence-corrected chi connectivity index (χ4v) is 3.17. The molecule has 0 aliphatic carbocycles. The van der Waals surface area contributed by atoms with Crippen LogP contribution in [0, 0.1) is 13.8 Å². The zero-order chi connectivity index (χ0) is 16.4. The molecular formula is C16H18N4O2S. The molecule has 23 heavy (non-hydrogen) atoms. The van der Waals surface area contributed by atoms with Crippen molar-refractivity contribution in [3.63, 3.8) is 0 Å².